The first-order valence-corrected chi connectivity index (χ1v) is 10.5. The van der Waals surface area contributed by atoms with Crippen molar-refractivity contribution in [2.24, 2.45) is 0 Å². The average Bonchev–Trinajstić information content (AvgIpc) is 2.73. The molecule has 0 radical (unpaired) electrons. The van der Waals surface area contributed by atoms with Crippen LogP contribution in [0.5, 0.6) is 11.5 Å². The molecule has 0 aliphatic carbocycles. The van der Waals surface area contributed by atoms with E-state index in [2.05, 4.69) is 10.6 Å². The van der Waals surface area contributed by atoms with Gasteiger partial charge in [-0.05, 0) is 50.5 Å². The number of aromatic hydroxyl groups is 2. The first kappa shape index (κ1) is 25.5. The molecule has 2 aromatic rings. The third-order valence-corrected chi connectivity index (χ3v) is 4.36. The largest absolute Gasteiger partial charge is 0.504 e. The van der Waals surface area contributed by atoms with E-state index in [1.165, 1.54) is 12.1 Å². The van der Waals surface area contributed by atoms with Gasteiger partial charge in [0.2, 0.25) is 5.91 Å². The third kappa shape index (κ3) is 9.51. The molecule has 0 bridgehead atoms. The fourth-order valence-corrected chi connectivity index (χ4v) is 2.84. The number of esters is 1. The summed E-state index contributed by atoms with van der Waals surface area (Å²) in [6.45, 7) is 5.30. The van der Waals surface area contributed by atoms with Gasteiger partial charge in [-0.3, -0.25) is 9.59 Å². The zero-order valence-electron chi connectivity index (χ0n) is 19.0. The second kappa shape index (κ2) is 11.8. The Morgan fingerprint density at radius 3 is 2.30 bits per heavy atom. The predicted octanol–water partition coefficient (Wildman–Crippen LogP) is 2.78. The van der Waals surface area contributed by atoms with Crippen LogP contribution in [-0.4, -0.2) is 46.4 Å². The minimum Gasteiger partial charge on any atom is -0.504 e. The van der Waals surface area contributed by atoms with Crippen LogP contribution in [0, 0.1) is 0 Å². The summed E-state index contributed by atoms with van der Waals surface area (Å²) >= 11 is 0. The maximum Gasteiger partial charge on any atom is 0.408 e. The highest BCUT2D eigenvalue weighted by molar-refractivity contribution is 5.89. The maximum absolute atomic E-state index is 12.7. The summed E-state index contributed by atoms with van der Waals surface area (Å²) in [6.07, 6.45) is -0.855. The number of phenolic OH excluding ortho intramolecular Hbond substituents is 2. The Labute approximate surface area is 192 Å². The van der Waals surface area contributed by atoms with Gasteiger partial charge >= 0.3 is 12.1 Å². The van der Waals surface area contributed by atoms with Crippen molar-refractivity contribution < 1.29 is 34.1 Å². The Balaban J connectivity index is 1.95. The van der Waals surface area contributed by atoms with Crippen molar-refractivity contribution in [3.05, 3.63) is 59.7 Å². The molecule has 4 N–H and O–H groups in total. The lowest BCUT2D eigenvalue weighted by Crippen LogP contribution is -2.49. The van der Waals surface area contributed by atoms with Crippen molar-refractivity contribution in [2.45, 2.75) is 51.9 Å². The van der Waals surface area contributed by atoms with Crippen LogP contribution in [0.1, 0.15) is 38.3 Å². The fourth-order valence-electron chi connectivity index (χ4n) is 2.84. The number of carbonyl (C=O) groups excluding carboxylic acids is 3. The van der Waals surface area contributed by atoms with Gasteiger partial charge in [0.1, 0.15) is 18.2 Å². The molecule has 9 nitrogen and oxygen atoms in total. The molecule has 0 fully saturated rings. The second-order valence-corrected chi connectivity index (χ2v) is 8.41. The van der Waals surface area contributed by atoms with Crippen LogP contribution < -0.4 is 10.6 Å². The van der Waals surface area contributed by atoms with Gasteiger partial charge in [-0.25, -0.2) is 4.79 Å². The lowest BCUT2D eigenvalue weighted by atomic mass is 10.1. The molecule has 0 heterocycles. The van der Waals surface area contributed by atoms with Gasteiger partial charge in [-0.15, -0.1) is 0 Å². The average molecular weight is 459 g/mol. The lowest BCUT2D eigenvalue weighted by molar-refractivity contribution is -0.156. The molecule has 0 aromatic heterocycles. The highest BCUT2D eigenvalue weighted by atomic mass is 16.6. The quantitative estimate of drug-likeness (QED) is 0.335. The topological polar surface area (TPSA) is 134 Å². The minimum absolute atomic E-state index is 0.0117. The molecule has 2 rings (SSSR count). The molecule has 0 saturated heterocycles. The number of benzene rings is 2. The molecule has 0 spiro atoms. The summed E-state index contributed by atoms with van der Waals surface area (Å²) in [6, 6.07) is 12.2. The Hall–Kier alpha value is -3.75. The van der Waals surface area contributed by atoms with Crippen molar-refractivity contribution in [2.75, 3.05) is 6.54 Å². The van der Waals surface area contributed by atoms with Crippen molar-refractivity contribution in [1.82, 2.24) is 10.6 Å². The summed E-state index contributed by atoms with van der Waals surface area (Å²) < 4.78 is 10.4. The van der Waals surface area contributed by atoms with Gasteiger partial charge in [-0.1, -0.05) is 36.4 Å². The molecule has 0 saturated carbocycles. The lowest BCUT2D eigenvalue weighted by Gasteiger charge is -2.22. The van der Waals surface area contributed by atoms with Crippen LogP contribution in [0.2, 0.25) is 0 Å². The van der Waals surface area contributed by atoms with Crippen LogP contribution in [0.25, 0.3) is 0 Å². The first-order valence-electron chi connectivity index (χ1n) is 10.5. The van der Waals surface area contributed by atoms with E-state index >= 15 is 0 Å². The first-order chi connectivity index (χ1) is 15.5. The van der Waals surface area contributed by atoms with Crippen LogP contribution >= 0.6 is 0 Å². The monoisotopic (exact) mass is 458 g/mol. The third-order valence-electron chi connectivity index (χ3n) is 4.36. The van der Waals surface area contributed by atoms with Gasteiger partial charge in [0, 0.05) is 6.54 Å². The number of hydrogen-bond acceptors (Lipinski definition) is 7. The van der Waals surface area contributed by atoms with Gasteiger partial charge in [-0.2, -0.15) is 0 Å². The molecule has 178 valence electrons. The maximum atomic E-state index is 12.7. The summed E-state index contributed by atoms with van der Waals surface area (Å²) in [4.78, 5) is 37.2. The standard InChI is InChI=1S/C24H30N2O7/c1-24(2,3)33-21(29)14-18(26-23(31)32-15-17-7-5-4-6-8-17)22(30)25-12-11-16-9-10-19(27)20(28)13-16/h4-10,13,18,27-28H,11-12,14-15H2,1-3H3,(H,25,30)(H,26,31)/t18-/m1/s1. The number of nitrogens with one attached hydrogen (secondary N) is 2. The van der Waals surface area contributed by atoms with Crippen molar-refractivity contribution in [1.29, 1.82) is 0 Å². The number of carbonyl (C=O) groups is 3. The smallest absolute Gasteiger partial charge is 0.408 e. The molecule has 9 heteroatoms. The Kier molecular flexibility index (Phi) is 9.08. The highest BCUT2D eigenvalue weighted by Crippen LogP contribution is 2.24. The van der Waals surface area contributed by atoms with Crippen molar-refractivity contribution in [3.8, 4) is 11.5 Å². The molecule has 2 aromatic carbocycles. The zero-order chi connectivity index (χ0) is 24.4. The molecular weight excluding hydrogens is 428 g/mol. The van der Waals surface area contributed by atoms with Gasteiger partial charge in [0.25, 0.3) is 0 Å². The minimum atomic E-state index is -1.20. The van der Waals surface area contributed by atoms with Crippen molar-refractivity contribution in [3.63, 3.8) is 0 Å². The summed E-state index contributed by atoms with van der Waals surface area (Å²) in [5.41, 5.74) is 0.717. The number of hydrogen-bond donors (Lipinski definition) is 4. The summed E-state index contributed by atoms with van der Waals surface area (Å²) in [7, 11) is 0. The van der Waals surface area contributed by atoms with Crippen LogP contribution in [0.15, 0.2) is 48.5 Å². The van der Waals surface area contributed by atoms with Gasteiger partial charge in [0.15, 0.2) is 11.5 Å². The number of rotatable bonds is 9. The molecule has 0 aliphatic heterocycles. The second-order valence-electron chi connectivity index (χ2n) is 8.41. The van der Waals surface area contributed by atoms with E-state index in [0.717, 1.165) is 5.56 Å². The van der Waals surface area contributed by atoms with E-state index in [1.807, 2.05) is 18.2 Å². The normalized spacial score (nSPS) is 11.8. The number of amides is 2. The van der Waals surface area contributed by atoms with Crippen LogP contribution in [0.4, 0.5) is 4.79 Å². The zero-order valence-corrected chi connectivity index (χ0v) is 19.0. The van der Waals surface area contributed by atoms with E-state index < -0.39 is 29.6 Å². The molecule has 0 unspecified atom stereocenters. The Morgan fingerprint density at radius 1 is 0.970 bits per heavy atom. The number of ether oxygens (including phenoxy) is 2. The summed E-state index contributed by atoms with van der Waals surface area (Å²) in [5.74, 6) is -1.72. The SMILES string of the molecule is CC(C)(C)OC(=O)C[C@@H](NC(=O)OCc1ccccc1)C(=O)NCCc1ccc(O)c(O)c1. The highest BCUT2D eigenvalue weighted by Gasteiger charge is 2.27. The van der Waals surface area contributed by atoms with Crippen molar-refractivity contribution >= 4 is 18.0 Å². The van der Waals surface area contributed by atoms with Gasteiger partial charge < -0.3 is 30.3 Å². The van der Waals surface area contributed by atoms with E-state index in [9.17, 15) is 24.6 Å². The molecule has 0 aliphatic rings. The fraction of sp³-hybridized carbons (Fsp3) is 0.375. The Bertz CT molecular complexity index is 955. The Morgan fingerprint density at radius 2 is 1.67 bits per heavy atom. The van der Waals surface area contributed by atoms with E-state index in [0.29, 0.717) is 12.0 Å². The molecular formula is C24H30N2O7. The van der Waals surface area contributed by atoms with E-state index in [-0.39, 0.29) is 31.1 Å². The van der Waals surface area contributed by atoms with Crippen LogP contribution in [0.3, 0.4) is 0 Å². The van der Waals surface area contributed by atoms with Gasteiger partial charge in [0.05, 0.1) is 6.42 Å². The predicted molar refractivity (Wildman–Crippen MR) is 120 cm³/mol. The molecule has 1 atom stereocenters. The number of alkyl carbamates (subject to hydrolysis) is 1. The number of phenols is 2. The van der Waals surface area contributed by atoms with Crippen LogP contribution in [-0.2, 0) is 32.1 Å². The van der Waals surface area contributed by atoms with E-state index in [4.69, 9.17) is 9.47 Å². The summed E-state index contributed by atoms with van der Waals surface area (Å²) in [5, 5.41) is 24.0. The molecule has 2 amide bonds. The van der Waals surface area contributed by atoms with E-state index in [1.54, 1.807) is 39.0 Å². The molecule has 33 heavy (non-hydrogen) atoms.